The average Bonchev–Trinajstić information content (AvgIpc) is 3.49. The number of unbranched alkanes of at least 4 members (excludes halogenated alkanes) is 14. The fourth-order valence-electron chi connectivity index (χ4n) is 8.26. The highest BCUT2D eigenvalue weighted by atomic mass is 16.6. The van der Waals surface area contributed by atoms with Crippen LogP contribution in [-0.2, 0) is 28.6 Å². The summed E-state index contributed by atoms with van der Waals surface area (Å²) in [6.07, 6.45) is 104. The largest absolute Gasteiger partial charge is 0.462 e. The number of carbonyl (C=O) groups excluding carboxylic acids is 3. The molecule has 0 rings (SSSR count). The van der Waals surface area contributed by atoms with Crippen molar-refractivity contribution in [1.29, 1.82) is 0 Å². The van der Waals surface area contributed by atoms with Crippen LogP contribution >= 0.6 is 0 Å². The summed E-state index contributed by atoms with van der Waals surface area (Å²) < 4.78 is 16.9. The Bertz CT molecular complexity index is 1990. The van der Waals surface area contributed by atoms with E-state index < -0.39 is 6.10 Å². The van der Waals surface area contributed by atoms with E-state index in [9.17, 15) is 14.4 Å². The molecule has 1 unspecified atom stereocenters. The minimum Gasteiger partial charge on any atom is -0.462 e. The first-order valence-corrected chi connectivity index (χ1v) is 32.9. The Kier molecular flexibility index (Phi) is 64.0. The predicted octanol–water partition coefficient (Wildman–Crippen LogP) is 23.0. The molecule has 0 fully saturated rings. The van der Waals surface area contributed by atoms with Gasteiger partial charge in [0.05, 0.1) is 0 Å². The van der Waals surface area contributed by atoms with Gasteiger partial charge >= 0.3 is 17.9 Å². The van der Waals surface area contributed by atoms with E-state index >= 15 is 0 Å². The van der Waals surface area contributed by atoms with Crippen LogP contribution in [0.25, 0.3) is 0 Å². The van der Waals surface area contributed by atoms with Crippen LogP contribution in [0.3, 0.4) is 0 Å². The van der Waals surface area contributed by atoms with E-state index in [2.05, 4.69) is 215 Å². The molecule has 6 heteroatoms. The number of esters is 3. The third-order valence-electron chi connectivity index (χ3n) is 13.1. The van der Waals surface area contributed by atoms with Crippen molar-refractivity contribution in [2.75, 3.05) is 13.2 Å². The van der Waals surface area contributed by atoms with Gasteiger partial charge in [-0.15, -0.1) is 0 Å². The zero-order chi connectivity index (χ0) is 59.9. The second-order valence-corrected chi connectivity index (χ2v) is 20.9. The number of rotatable bonds is 57. The molecule has 0 aliphatic carbocycles. The van der Waals surface area contributed by atoms with Crippen LogP contribution in [0.1, 0.15) is 252 Å². The Labute approximate surface area is 509 Å². The maximum atomic E-state index is 12.9. The van der Waals surface area contributed by atoms with Crippen molar-refractivity contribution in [3.63, 3.8) is 0 Å². The van der Waals surface area contributed by atoms with Crippen molar-refractivity contribution >= 4 is 17.9 Å². The predicted molar refractivity (Wildman–Crippen MR) is 361 cm³/mol. The Hall–Kier alpha value is -5.75. The fourth-order valence-corrected chi connectivity index (χ4v) is 8.26. The van der Waals surface area contributed by atoms with Gasteiger partial charge in [-0.3, -0.25) is 14.4 Å². The average molecular weight is 1140 g/mol. The molecule has 462 valence electrons. The molecule has 0 aliphatic heterocycles. The molecular formula is C77H118O6. The smallest absolute Gasteiger partial charge is 0.306 e. The molecule has 0 spiro atoms. The van der Waals surface area contributed by atoms with Crippen molar-refractivity contribution in [3.8, 4) is 0 Å². The van der Waals surface area contributed by atoms with Gasteiger partial charge in [0.2, 0.25) is 0 Å². The molecule has 0 aromatic heterocycles. The highest BCUT2D eigenvalue weighted by molar-refractivity contribution is 5.71. The van der Waals surface area contributed by atoms with Gasteiger partial charge in [-0.05, 0) is 161 Å². The lowest BCUT2D eigenvalue weighted by atomic mass is 10.1. The summed E-state index contributed by atoms with van der Waals surface area (Å²) in [6, 6.07) is 0. The van der Waals surface area contributed by atoms with E-state index in [0.717, 1.165) is 180 Å². The van der Waals surface area contributed by atoms with Gasteiger partial charge in [-0.2, -0.15) is 0 Å². The molecule has 0 amide bonds. The zero-order valence-electron chi connectivity index (χ0n) is 52.9. The van der Waals surface area contributed by atoms with Crippen LogP contribution in [0.4, 0.5) is 0 Å². The molecule has 0 saturated heterocycles. The van der Waals surface area contributed by atoms with Crippen LogP contribution in [0, 0.1) is 0 Å². The maximum absolute atomic E-state index is 12.9. The Balaban J connectivity index is 4.52. The quantitative estimate of drug-likeness (QED) is 0.0261. The van der Waals surface area contributed by atoms with Gasteiger partial charge in [-0.1, -0.05) is 267 Å². The van der Waals surface area contributed by atoms with Gasteiger partial charge in [0, 0.05) is 19.3 Å². The van der Waals surface area contributed by atoms with Crippen LogP contribution < -0.4 is 0 Å². The Morgan fingerprint density at radius 1 is 0.241 bits per heavy atom. The first kappa shape index (κ1) is 77.2. The van der Waals surface area contributed by atoms with E-state index in [-0.39, 0.29) is 37.5 Å². The van der Waals surface area contributed by atoms with Gasteiger partial charge in [0.25, 0.3) is 0 Å². The molecule has 0 heterocycles. The van der Waals surface area contributed by atoms with Crippen LogP contribution in [-0.4, -0.2) is 37.2 Å². The second-order valence-electron chi connectivity index (χ2n) is 20.9. The summed E-state index contributed by atoms with van der Waals surface area (Å²) in [6.45, 7) is 6.23. The van der Waals surface area contributed by atoms with Crippen molar-refractivity contribution in [2.45, 2.75) is 258 Å². The molecule has 0 radical (unpaired) electrons. The lowest BCUT2D eigenvalue weighted by Gasteiger charge is -2.18. The van der Waals surface area contributed by atoms with Crippen molar-refractivity contribution < 1.29 is 28.6 Å². The van der Waals surface area contributed by atoms with Crippen LogP contribution in [0.2, 0.25) is 0 Å². The summed E-state index contributed by atoms with van der Waals surface area (Å²) in [7, 11) is 0. The highest BCUT2D eigenvalue weighted by Gasteiger charge is 2.19. The SMILES string of the molecule is CC/C=C\C/C=C\C/C=C\C/C=C\C/C=C\C/C=C\C/C=C\C/C=C\CCCCCCC(=O)OCC(COC(=O)CCCCCCCCC/C=C\C/C=C\C/C=C\CC)OC(=O)CCCCC/C=C\C/C=C\C/C=C\C/C=C\C/C=C\CC. The lowest BCUT2D eigenvalue weighted by molar-refractivity contribution is -0.167. The van der Waals surface area contributed by atoms with Crippen molar-refractivity contribution in [3.05, 3.63) is 194 Å². The van der Waals surface area contributed by atoms with E-state index in [1.165, 1.54) is 25.7 Å². The molecule has 0 saturated carbocycles. The zero-order valence-corrected chi connectivity index (χ0v) is 52.9. The minimum absolute atomic E-state index is 0.115. The number of allylic oxidation sites excluding steroid dienone is 32. The summed E-state index contributed by atoms with van der Waals surface area (Å²) in [5.41, 5.74) is 0. The number of hydrogen-bond donors (Lipinski definition) is 0. The van der Waals surface area contributed by atoms with Gasteiger partial charge in [0.1, 0.15) is 13.2 Å². The Morgan fingerprint density at radius 2 is 0.434 bits per heavy atom. The number of ether oxygens (including phenoxy) is 3. The van der Waals surface area contributed by atoms with E-state index in [4.69, 9.17) is 14.2 Å². The topological polar surface area (TPSA) is 78.9 Å². The minimum atomic E-state index is -0.825. The monoisotopic (exact) mass is 1140 g/mol. The molecule has 0 aromatic carbocycles. The van der Waals surface area contributed by atoms with Gasteiger partial charge in [0.15, 0.2) is 6.10 Å². The first-order chi connectivity index (χ1) is 41.0. The van der Waals surface area contributed by atoms with E-state index in [0.29, 0.717) is 19.3 Å². The molecule has 0 N–H and O–H groups in total. The standard InChI is InChI=1S/C77H118O6/c1-4-7-10-13-16-19-22-25-28-31-33-34-35-36-37-38-39-40-41-42-44-46-49-52-55-58-61-64-67-70-76(79)82-73-74(72-81-75(78)69-66-63-60-57-54-51-48-45-30-27-24-21-18-15-12-9-6-3)83-77(80)71-68-65-62-59-56-53-50-47-43-32-29-26-23-20-17-14-11-8-5-2/h7-12,16-21,25-30,33-34,36-37,39-40,42-44,47,49,52-53,56,74H,4-6,13-15,22-24,31-32,35,38,41,45-46,48,50-51,54-55,57-73H2,1-3H3/b10-7-,11-8-,12-9-,19-16-,20-17-,21-18-,28-25-,29-26-,30-27-,34-33-,37-36-,40-39-,44-42-,47-43-,52-49-,56-53-. The highest BCUT2D eigenvalue weighted by Crippen LogP contribution is 2.13. The molecule has 6 nitrogen and oxygen atoms in total. The third-order valence-corrected chi connectivity index (χ3v) is 13.1. The number of carbonyl (C=O) groups is 3. The molecule has 1 atom stereocenters. The molecular weight excluding hydrogens is 1020 g/mol. The molecule has 0 bridgehead atoms. The normalized spacial score (nSPS) is 13.4. The van der Waals surface area contributed by atoms with E-state index in [1.54, 1.807) is 0 Å². The lowest BCUT2D eigenvalue weighted by Crippen LogP contribution is -2.30. The van der Waals surface area contributed by atoms with Gasteiger partial charge < -0.3 is 14.2 Å². The summed E-state index contributed by atoms with van der Waals surface area (Å²) in [5.74, 6) is -0.990. The Morgan fingerprint density at radius 3 is 0.687 bits per heavy atom. The second kappa shape index (κ2) is 68.7. The van der Waals surface area contributed by atoms with Crippen LogP contribution in [0.15, 0.2) is 194 Å². The number of hydrogen-bond acceptors (Lipinski definition) is 6. The maximum Gasteiger partial charge on any atom is 0.306 e. The third kappa shape index (κ3) is 66.9. The summed E-state index contributed by atoms with van der Waals surface area (Å²) in [4.78, 5) is 38.4. The summed E-state index contributed by atoms with van der Waals surface area (Å²) >= 11 is 0. The van der Waals surface area contributed by atoms with Crippen molar-refractivity contribution in [1.82, 2.24) is 0 Å². The van der Waals surface area contributed by atoms with Crippen LogP contribution in [0.5, 0.6) is 0 Å². The molecule has 83 heavy (non-hydrogen) atoms. The van der Waals surface area contributed by atoms with Gasteiger partial charge in [-0.25, -0.2) is 0 Å². The summed E-state index contributed by atoms with van der Waals surface area (Å²) in [5, 5.41) is 0. The van der Waals surface area contributed by atoms with Crippen molar-refractivity contribution in [2.24, 2.45) is 0 Å². The first-order valence-electron chi connectivity index (χ1n) is 32.9. The molecule has 0 aromatic rings. The van der Waals surface area contributed by atoms with E-state index in [1.807, 2.05) is 0 Å². The molecule has 0 aliphatic rings. The fraction of sp³-hybridized carbons (Fsp3) is 0.545.